The van der Waals surface area contributed by atoms with Crippen molar-refractivity contribution in [2.24, 2.45) is 0 Å². The number of benzene rings is 3. The molecule has 0 spiro atoms. The van der Waals surface area contributed by atoms with Crippen LogP contribution >= 0.6 is 11.6 Å². The number of ether oxygens (including phenoxy) is 2. The van der Waals surface area contributed by atoms with Crippen molar-refractivity contribution < 1.29 is 14.3 Å². The lowest BCUT2D eigenvalue weighted by molar-refractivity contribution is -0.116. The molecule has 0 radical (unpaired) electrons. The van der Waals surface area contributed by atoms with Crippen LogP contribution in [0.15, 0.2) is 65.5 Å². The number of nitrogens with one attached hydrogen (secondary N) is 1. The predicted octanol–water partition coefficient (Wildman–Crippen LogP) is 4.46. The summed E-state index contributed by atoms with van der Waals surface area (Å²) in [5.41, 5.74) is 1.69. The molecule has 1 aromatic heterocycles. The van der Waals surface area contributed by atoms with Crippen LogP contribution in [0.25, 0.3) is 21.8 Å². The number of para-hydroxylation sites is 1. The van der Waals surface area contributed by atoms with Crippen LogP contribution in [0.5, 0.6) is 11.5 Å². The Hall–Kier alpha value is -3.51. The van der Waals surface area contributed by atoms with Crippen molar-refractivity contribution in [1.29, 1.82) is 0 Å². The number of nitrogens with zero attached hydrogens (tertiary/aromatic N) is 1. The lowest BCUT2D eigenvalue weighted by Crippen LogP contribution is -2.21. The molecule has 0 atom stereocenters. The van der Waals surface area contributed by atoms with Crippen LogP contribution in [-0.4, -0.2) is 24.7 Å². The molecule has 6 nitrogen and oxygen atoms in total. The van der Waals surface area contributed by atoms with E-state index in [0.717, 1.165) is 0 Å². The second-order valence-corrected chi connectivity index (χ2v) is 7.14. The van der Waals surface area contributed by atoms with Gasteiger partial charge in [0.25, 0.3) is 0 Å². The number of amides is 1. The van der Waals surface area contributed by atoms with Gasteiger partial charge in [-0.15, -0.1) is 0 Å². The van der Waals surface area contributed by atoms with Crippen molar-refractivity contribution in [3.8, 4) is 11.5 Å². The lowest BCUT2D eigenvalue weighted by Gasteiger charge is -2.16. The molecular weight excluding hydrogens is 404 g/mol. The average molecular weight is 423 g/mol. The van der Waals surface area contributed by atoms with Gasteiger partial charge in [-0.2, -0.15) is 0 Å². The van der Waals surface area contributed by atoms with E-state index in [2.05, 4.69) is 5.32 Å². The maximum atomic E-state index is 12.9. The van der Waals surface area contributed by atoms with Crippen LogP contribution < -0.4 is 20.2 Å². The van der Waals surface area contributed by atoms with Crippen LogP contribution in [0.2, 0.25) is 5.02 Å². The summed E-state index contributed by atoms with van der Waals surface area (Å²) in [6.45, 7) is -0.00712. The van der Waals surface area contributed by atoms with E-state index in [9.17, 15) is 9.59 Å². The van der Waals surface area contributed by atoms with Crippen molar-refractivity contribution in [2.75, 3.05) is 19.5 Å². The van der Waals surface area contributed by atoms with E-state index in [1.807, 2.05) is 12.1 Å². The number of aromatic nitrogens is 1. The van der Waals surface area contributed by atoms with Crippen LogP contribution in [0.1, 0.15) is 0 Å². The summed E-state index contributed by atoms with van der Waals surface area (Å²) in [4.78, 5) is 25.8. The normalized spacial score (nSPS) is 10.9. The van der Waals surface area contributed by atoms with Crippen molar-refractivity contribution in [1.82, 2.24) is 4.57 Å². The van der Waals surface area contributed by atoms with Gasteiger partial charge in [-0.3, -0.25) is 9.59 Å². The number of rotatable bonds is 5. The third kappa shape index (κ3) is 3.57. The van der Waals surface area contributed by atoms with Crippen molar-refractivity contribution in [2.45, 2.75) is 6.54 Å². The molecule has 0 fully saturated rings. The average Bonchev–Trinajstić information content (AvgIpc) is 2.76. The molecule has 3 aromatic carbocycles. The van der Waals surface area contributed by atoms with Gasteiger partial charge in [-0.25, -0.2) is 0 Å². The Morgan fingerprint density at radius 3 is 2.50 bits per heavy atom. The zero-order chi connectivity index (χ0) is 21.3. The number of fused-ring (bicyclic) bond motifs is 2. The highest BCUT2D eigenvalue weighted by Crippen LogP contribution is 2.29. The third-order valence-corrected chi connectivity index (χ3v) is 5.15. The fourth-order valence-corrected chi connectivity index (χ4v) is 3.67. The lowest BCUT2D eigenvalue weighted by atomic mass is 10.1. The summed E-state index contributed by atoms with van der Waals surface area (Å²) >= 11 is 6.18. The summed E-state index contributed by atoms with van der Waals surface area (Å²) in [5, 5.41) is 4.41. The van der Waals surface area contributed by atoms with Gasteiger partial charge in [0.2, 0.25) is 5.91 Å². The molecule has 0 bridgehead atoms. The molecule has 1 heterocycles. The van der Waals surface area contributed by atoms with Gasteiger partial charge in [0.05, 0.1) is 30.9 Å². The summed E-state index contributed by atoms with van der Waals surface area (Å²) in [7, 11) is 3.08. The number of carbonyl (C=O) groups excluding carboxylic acids is 1. The zero-order valence-electron chi connectivity index (χ0n) is 16.4. The van der Waals surface area contributed by atoms with E-state index >= 15 is 0 Å². The number of halogens is 1. The van der Waals surface area contributed by atoms with Crippen LogP contribution in [-0.2, 0) is 11.3 Å². The Balaban J connectivity index is 1.78. The quantitative estimate of drug-likeness (QED) is 0.482. The molecule has 0 unspecified atom stereocenters. The molecule has 4 aromatic rings. The summed E-state index contributed by atoms with van der Waals surface area (Å²) in [6, 6.07) is 17.4. The van der Waals surface area contributed by atoms with Crippen molar-refractivity contribution in [3.63, 3.8) is 0 Å². The van der Waals surface area contributed by atoms with Gasteiger partial charge >= 0.3 is 0 Å². The van der Waals surface area contributed by atoms with E-state index in [4.69, 9.17) is 21.1 Å². The minimum Gasteiger partial charge on any atom is -0.497 e. The molecule has 0 saturated heterocycles. The molecule has 0 aliphatic heterocycles. The van der Waals surface area contributed by atoms with Gasteiger partial charge < -0.3 is 19.4 Å². The molecule has 152 valence electrons. The standard InChI is InChI=1S/C23H19ClN2O4/c1-29-15-8-10-18(21(12-15)30-2)25-22(27)13-26-19-6-4-3-5-16(19)23(28)17-9-7-14(24)11-20(17)26/h3-12H,13H2,1-2H3,(H,25,27). The Kier molecular flexibility index (Phi) is 5.33. The second-order valence-electron chi connectivity index (χ2n) is 6.71. The maximum absolute atomic E-state index is 12.9. The van der Waals surface area contributed by atoms with Crippen LogP contribution in [0.3, 0.4) is 0 Å². The first kappa shape index (κ1) is 19.8. The summed E-state index contributed by atoms with van der Waals surface area (Å²) < 4.78 is 12.3. The monoisotopic (exact) mass is 422 g/mol. The highest BCUT2D eigenvalue weighted by molar-refractivity contribution is 6.31. The first-order valence-corrected chi connectivity index (χ1v) is 9.62. The molecule has 1 N–H and O–H groups in total. The number of carbonyl (C=O) groups is 1. The Bertz CT molecular complexity index is 1330. The summed E-state index contributed by atoms with van der Waals surface area (Å²) in [5.74, 6) is 0.839. The zero-order valence-corrected chi connectivity index (χ0v) is 17.2. The molecular formula is C23H19ClN2O4. The number of hydrogen-bond donors (Lipinski definition) is 1. The topological polar surface area (TPSA) is 69.6 Å². The highest BCUT2D eigenvalue weighted by atomic mass is 35.5. The first-order valence-electron chi connectivity index (χ1n) is 9.24. The minimum atomic E-state index is -0.270. The van der Waals surface area contributed by atoms with Gasteiger partial charge in [-0.05, 0) is 42.5 Å². The van der Waals surface area contributed by atoms with E-state index in [-0.39, 0.29) is 17.9 Å². The predicted molar refractivity (Wildman–Crippen MR) is 119 cm³/mol. The van der Waals surface area contributed by atoms with E-state index in [0.29, 0.717) is 44.0 Å². The molecule has 7 heteroatoms. The number of pyridine rings is 1. The van der Waals surface area contributed by atoms with Gasteiger partial charge in [-0.1, -0.05) is 23.7 Å². The minimum absolute atomic E-state index is 0.00712. The first-order chi connectivity index (χ1) is 14.5. The van der Waals surface area contributed by atoms with Crippen LogP contribution in [0.4, 0.5) is 5.69 Å². The van der Waals surface area contributed by atoms with Gasteiger partial charge in [0.1, 0.15) is 18.0 Å². The van der Waals surface area contributed by atoms with E-state index in [1.54, 1.807) is 60.2 Å². The fourth-order valence-electron chi connectivity index (χ4n) is 3.50. The van der Waals surface area contributed by atoms with E-state index < -0.39 is 0 Å². The summed E-state index contributed by atoms with van der Waals surface area (Å²) in [6.07, 6.45) is 0. The molecule has 4 rings (SSSR count). The van der Waals surface area contributed by atoms with Gasteiger partial charge in [0.15, 0.2) is 5.43 Å². The molecule has 1 amide bonds. The van der Waals surface area contributed by atoms with Crippen molar-refractivity contribution in [3.05, 3.63) is 75.9 Å². The Morgan fingerprint density at radius 1 is 0.967 bits per heavy atom. The molecule has 0 saturated carbocycles. The molecule has 0 aliphatic carbocycles. The number of hydrogen-bond acceptors (Lipinski definition) is 4. The largest absolute Gasteiger partial charge is 0.497 e. The smallest absolute Gasteiger partial charge is 0.244 e. The maximum Gasteiger partial charge on any atom is 0.244 e. The SMILES string of the molecule is COc1ccc(NC(=O)Cn2c3ccccc3c(=O)c3ccc(Cl)cc32)c(OC)c1. The molecule has 0 aliphatic rings. The molecule has 30 heavy (non-hydrogen) atoms. The van der Waals surface area contributed by atoms with Crippen LogP contribution in [0, 0.1) is 0 Å². The Labute approximate surface area is 177 Å². The van der Waals surface area contributed by atoms with Crippen molar-refractivity contribution >= 4 is 45.0 Å². The highest BCUT2D eigenvalue weighted by Gasteiger charge is 2.15. The number of anilines is 1. The Morgan fingerprint density at radius 2 is 1.73 bits per heavy atom. The van der Waals surface area contributed by atoms with Gasteiger partial charge in [0, 0.05) is 21.9 Å². The number of methoxy groups -OCH3 is 2. The second kappa shape index (κ2) is 8.08. The van der Waals surface area contributed by atoms with E-state index in [1.165, 1.54) is 7.11 Å². The third-order valence-electron chi connectivity index (χ3n) is 4.92. The fraction of sp³-hybridized carbons (Fsp3) is 0.130.